The van der Waals surface area contributed by atoms with Crippen molar-refractivity contribution in [2.24, 2.45) is 40.9 Å². The monoisotopic (exact) mass is 464 g/mol. The van der Waals surface area contributed by atoms with E-state index in [9.17, 15) is 4.79 Å². The van der Waals surface area contributed by atoms with E-state index in [1.807, 2.05) is 6.33 Å². The van der Waals surface area contributed by atoms with Gasteiger partial charge in [0.25, 0.3) is 0 Å². The normalized spacial score (nSPS) is 49.2. The average molecular weight is 465 g/mol. The first-order valence-corrected chi connectivity index (χ1v) is 14.3. The van der Waals surface area contributed by atoms with Crippen molar-refractivity contribution < 1.29 is 4.79 Å². The highest BCUT2D eigenvalue weighted by molar-refractivity contribution is 5.77. The van der Waals surface area contributed by atoms with Gasteiger partial charge >= 0.3 is 0 Å². The van der Waals surface area contributed by atoms with Crippen LogP contribution in [-0.4, -0.2) is 68.1 Å². The van der Waals surface area contributed by atoms with Gasteiger partial charge in [-0.15, -0.1) is 5.10 Å². The quantitative estimate of drug-likeness (QED) is 0.684. The van der Waals surface area contributed by atoms with Crippen LogP contribution in [0.25, 0.3) is 0 Å². The van der Waals surface area contributed by atoms with Crippen LogP contribution < -0.4 is 0 Å². The van der Waals surface area contributed by atoms with Crippen LogP contribution in [-0.2, 0) is 10.3 Å². The van der Waals surface area contributed by atoms with Gasteiger partial charge in [-0.05, 0) is 122 Å². The lowest BCUT2D eigenvalue weighted by Gasteiger charge is -2.61. The van der Waals surface area contributed by atoms with Gasteiger partial charge in [-0.25, -0.2) is 4.68 Å². The molecule has 34 heavy (non-hydrogen) atoms. The number of amides is 1. The molecule has 8 bridgehead atoms. The van der Waals surface area contributed by atoms with Crippen LogP contribution in [0.5, 0.6) is 0 Å². The van der Waals surface area contributed by atoms with Crippen molar-refractivity contribution in [2.45, 2.75) is 88.6 Å². The molecule has 1 saturated heterocycles. The minimum atomic E-state index is 0.0615. The Hall–Kier alpha value is -1.50. The van der Waals surface area contributed by atoms with E-state index in [2.05, 4.69) is 30.0 Å². The number of aromatic nitrogens is 4. The Bertz CT molecular complexity index is 910. The lowest BCUT2D eigenvalue weighted by Crippen LogP contribution is -2.61. The molecule has 2 atom stereocenters. The van der Waals surface area contributed by atoms with E-state index in [1.54, 1.807) is 0 Å². The number of tetrazole rings is 1. The molecule has 0 radical (unpaired) electrons. The molecule has 7 heteroatoms. The molecule has 1 aliphatic heterocycles. The zero-order valence-corrected chi connectivity index (χ0v) is 20.5. The number of hydrogen-bond donors (Lipinski definition) is 0. The van der Waals surface area contributed by atoms with E-state index in [-0.39, 0.29) is 11.0 Å². The van der Waals surface area contributed by atoms with E-state index in [1.165, 1.54) is 64.2 Å². The minimum Gasteiger partial charge on any atom is -0.340 e. The molecule has 1 aromatic heterocycles. The number of carbonyl (C=O) groups is 1. The number of hydrogen-bond acceptors (Lipinski definition) is 5. The highest BCUT2D eigenvalue weighted by Crippen LogP contribution is 2.65. The van der Waals surface area contributed by atoms with Crippen molar-refractivity contribution in [3.8, 4) is 0 Å². The average Bonchev–Trinajstić information content (AvgIpc) is 3.34. The Morgan fingerprint density at radius 1 is 0.824 bits per heavy atom. The Morgan fingerprint density at radius 3 is 2.09 bits per heavy atom. The summed E-state index contributed by atoms with van der Waals surface area (Å²) in [6.45, 7) is 4.10. The summed E-state index contributed by atoms with van der Waals surface area (Å²) in [4.78, 5) is 18.7. The predicted octanol–water partition coefficient (Wildman–Crippen LogP) is 3.33. The molecule has 1 aromatic rings. The van der Waals surface area contributed by atoms with Crippen LogP contribution >= 0.6 is 0 Å². The summed E-state index contributed by atoms with van der Waals surface area (Å²) >= 11 is 0. The predicted molar refractivity (Wildman–Crippen MR) is 127 cm³/mol. The van der Waals surface area contributed by atoms with Crippen molar-refractivity contribution in [3.05, 3.63) is 6.33 Å². The summed E-state index contributed by atoms with van der Waals surface area (Å²) in [7, 11) is 0. The molecule has 9 fully saturated rings. The second-order valence-corrected chi connectivity index (χ2v) is 14.0. The lowest BCUT2D eigenvalue weighted by molar-refractivity contribution is -0.149. The second kappa shape index (κ2) is 7.27. The van der Waals surface area contributed by atoms with E-state index >= 15 is 0 Å². The highest BCUT2D eigenvalue weighted by Gasteiger charge is 2.59. The van der Waals surface area contributed by atoms with Gasteiger partial charge in [-0.3, -0.25) is 9.69 Å². The van der Waals surface area contributed by atoms with Crippen LogP contribution in [0.1, 0.15) is 77.0 Å². The molecule has 0 spiro atoms. The van der Waals surface area contributed by atoms with E-state index in [0.717, 1.165) is 80.6 Å². The Labute approximate surface area is 203 Å². The Balaban J connectivity index is 0.940. The zero-order valence-electron chi connectivity index (χ0n) is 20.5. The van der Waals surface area contributed by atoms with Crippen molar-refractivity contribution in [3.63, 3.8) is 0 Å². The molecule has 184 valence electrons. The smallest absolute Gasteiger partial charge is 0.223 e. The maximum Gasteiger partial charge on any atom is 0.223 e. The minimum absolute atomic E-state index is 0.0615. The molecule has 10 rings (SSSR count). The Morgan fingerprint density at radius 2 is 1.47 bits per heavy atom. The first kappa shape index (κ1) is 20.7. The fourth-order valence-electron chi connectivity index (χ4n) is 11.5. The largest absolute Gasteiger partial charge is 0.340 e. The van der Waals surface area contributed by atoms with E-state index in [0.29, 0.717) is 5.91 Å². The fraction of sp³-hybridized carbons (Fsp3) is 0.926. The number of carbonyl (C=O) groups excluding carboxylic acids is 1. The van der Waals surface area contributed by atoms with Crippen molar-refractivity contribution in [1.29, 1.82) is 0 Å². The summed E-state index contributed by atoms with van der Waals surface area (Å²) in [5.41, 5.74) is 0.234. The summed E-state index contributed by atoms with van der Waals surface area (Å²) in [5, 5.41) is 12.3. The standard InChI is InChI=1S/C27H40N6O/c34-24(15-26-11-20-6-21(12-26)14-27(13-20,16-26)33-17-28-29-30-33)31-1-3-32(4-2-31)25-22-7-18-5-19(9-22)10-23(25)8-18/h17-23,25H,1-16H2. The topological polar surface area (TPSA) is 67.2 Å². The maximum absolute atomic E-state index is 13.7. The lowest BCUT2D eigenvalue weighted by atomic mass is 9.46. The second-order valence-electron chi connectivity index (χ2n) is 14.0. The molecule has 2 unspecified atom stereocenters. The van der Waals surface area contributed by atoms with Gasteiger partial charge in [0, 0.05) is 38.6 Å². The summed E-state index contributed by atoms with van der Waals surface area (Å²) < 4.78 is 2.06. The molecule has 7 nitrogen and oxygen atoms in total. The van der Waals surface area contributed by atoms with Crippen molar-refractivity contribution in [1.82, 2.24) is 30.0 Å². The first-order valence-electron chi connectivity index (χ1n) is 14.3. The van der Waals surface area contributed by atoms with Crippen LogP contribution in [0.2, 0.25) is 0 Å². The van der Waals surface area contributed by atoms with Crippen LogP contribution in [0.15, 0.2) is 6.33 Å². The van der Waals surface area contributed by atoms with Gasteiger partial charge in [-0.2, -0.15) is 0 Å². The Kier molecular flexibility index (Phi) is 4.42. The third kappa shape index (κ3) is 3.10. The highest BCUT2D eigenvalue weighted by atomic mass is 16.2. The van der Waals surface area contributed by atoms with Crippen molar-refractivity contribution >= 4 is 5.91 Å². The van der Waals surface area contributed by atoms with Gasteiger partial charge in [-0.1, -0.05) is 0 Å². The number of nitrogens with zero attached hydrogens (tertiary/aromatic N) is 6. The molecule has 8 aliphatic carbocycles. The van der Waals surface area contributed by atoms with Crippen molar-refractivity contribution in [2.75, 3.05) is 26.2 Å². The fourth-order valence-corrected chi connectivity index (χ4v) is 11.5. The molecule has 8 saturated carbocycles. The summed E-state index contributed by atoms with van der Waals surface area (Å²) in [5.74, 6) is 5.90. The van der Waals surface area contributed by atoms with Gasteiger partial charge in [0.15, 0.2) is 0 Å². The van der Waals surface area contributed by atoms with Crippen LogP contribution in [0.4, 0.5) is 0 Å². The zero-order chi connectivity index (χ0) is 22.5. The SMILES string of the molecule is O=C(CC12CC3CC(C1)CC(n1cnnn1)(C3)C2)N1CCN(C2C3CC4CC(C3)CC2C4)CC1. The molecular weight excluding hydrogens is 424 g/mol. The maximum atomic E-state index is 13.7. The number of piperazine rings is 1. The van der Waals surface area contributed by atoms with E-state index < -0.39 is 0 Å². The summed E-state index contributed by atoms with van der Waals surface area (Å²) in [6.07, 6.45) is 17.4. The van der Waals surface area contributed by atoms with Gasteiger partial charge in [0.1, 0.15) is 6.33 Å². The molecule has 1 amide bonds. The number of rotatable bonds is 4. The van der Waals surface area contributed by atoms with Gasteiger partial charge in [0.2, 0.25) is 5.91 Å². The van der Waals surface area contributed by atoms with E-state index in [4.69, 9.17) is 0 Å². The third-order valence-corrected chi connectivity index (χ3v) is 11.8. The molecule has 2 heterocycles. The first-order chi connectivity index (χ1) is 16.6. The van der Waals surface area contributed by atoms with Gasteiger partial charge in [0.05, 0.1) is 5.54 Å². The molecule has 0 N–H and O–H groups in total. The molecule has 9 aliphatic rings. The molecule has 0 aromatic carbocycles. The summed E-state index contributed by atoms with van der Waals surface area (Å²) in [6, 6.07) is 0.823. The van der Waals surface area contributed by atoms with Gasteiger partial charge < -0.3 is 4.90 Å². The van der Waals surface area contributed by atoms with Crippen LogP contribution in [0, 0.1) is 40.9 Å². The molecular formula is C27H40N6O. The van der Waals surface area contributed by atoms with Crippen LogP contribution in [0.3, 0.4) is 0 Å². The third-order valence-electron chi connectivity index (χ3n) is 11.8.